The minimum atomic E-state index is -0.389. The van der Waals surface area contributed by atoms with Gasteiger partial charge in [-0.1, -0.05) is 172 Å². The Hall–Kier alpha value is -11.2. The van der Waals surface area contributed by atoms with E-state index in [2.05, 4.69) is 27.7 Å². The van der Waals surface area contributed by atoms with Crippen molar-refractivity contribution in [2.24, 2.45) is 0 Å². The quantitative estimate of drug-likeness (QED) is 0.0256. The Morgan fingerprint density at radius 1 is 0.292 bits per heavy atom. The molecule has 20 heteroatoms. The molecule has 0 unspecified atom stereocenters. The van der Waals surface area contributed by atoms with E-state index in [1.165, 1.54) is 23.8 Å². The lowest BCUT2D eigenvalue weighted by molar-refractivity contribution is -0.121. The fraction of sp³-hybridized carbons (Fsp3) is 0.349. The third-order valence-electron chi connectivity index (χ3n) is 13.6. The molecule has 8 aromatic carbocycles. The van der Waals surface area contributed by atoms with E-state index in [9.17, 15) is 42.7 Å². The van der Waals surface area contributed by atoms with Gasteiger partial charge in [0.15, 0.2) is 60.7 Å². The SMILES string of the molecule is CCCCOc1cccc(C=O)c1.CCCCc1ccccc1OC=O.CCCOc1cc(F)ccc1OCC=O.CCCOc1cccc(OCC=O)c1.CCCOc1ccccc1C=O.CCCOc1ccccc1OCC=O.CCCc1ccccc1OCC=O.CCc1ccccc1OCC=O. The molecule has 106 heavy (non-hydrogen) atoms. The zero-order valence-electron chi connectivity index (χ0n) is 62.7. The van der Waals surface area contributed by atoms with Crippen LogP contribution in [-0.4, -0.2) is 117 Å². The average molecular weight is 1460 g/mol. The number of aryl methyl sites for hydroxylation is 3. The molecular formula is C86H107FO19. The lowest BCUT2D eigenvalue weighted by Crippen LogP contribution is -2.02. The Morgan fingerprint density at radius 3 is 1.21 bits per heavy atom. The highest BCUT2D eigenvalue weighted by Gasteiger charge is 2.08. The Balaban J connectivity index is 0.000000606. The second-order valence-electron chi connectivity index (χ2n) is 22.1. The zero-order valence-corrected chi connectivity index (χ0v) is 62.7. The van der Waals surface area contributed by atoms with Crippen LogP contribution in [0.15, 0.2) is 188 Å². The van der Waals surface area contributed by atoms with Crippen molar-refractivity contribution >= 4 is 50.5 Å². The fourth-order valence-corrected chi connectivity index (χ4v) is 8.56. The summed E-state index contributed by atoms with van der Waals surface area (Å²) in [5.74, 6) is 6.85. The Kier molecular flexibility index (Phi) is 56.7. The van der Waals surface area contributed by atoms with E-state index in [0.717, 1.165) is 155 Å². The van der Waals surface area contributed by atoms with Gasteiger partial charge in [0, 0.05) is 17.7 Å². The highest BCUT2D eigenvalue weighted by molar-refractivity contribution is 5.79. The van der Waals surface area contributed by atoms with E-state index in [1.807, 2.05) is 155 Å². The summed E-state index contributed by atoms with van der Waals surface area (Å²) in [5.41, 5.74) is 4.70. The number of halogens is 1. The number of hydrogen-bond donors (Lipinski definition) is 0. The standard InChI is InChI=1S/C11H13FO3.2C11H14O3.3C11H14O2.2C10H12O2/c1-2-6-14-11-8-9(12)3-4-10(11)15-7-5-13;1-2-7-13-10-4-3-5-11(9-10)14-8-6-12;1-2-8-13-10-5-3-4-6-11(10)14-9-7-12;1-2-5-10-6-3-4-7-11(10)13-9-8-12;1-2-3-7-13-11-6-4-5-10(8-11)9-12;1-2-3-6-10-7-4-5-8-11(10)13-9-12;1-2-9-5-3-4-6-10(9)12-8-7-11;1-2-7-12-10-6-4-3-5-9(10)8-11/h3-5,8H,2,6-7H2,1H3;3-6,9H,2,7-8H2,1H3;3-7H,2,8-9H2,1H3;3-4,6-8H,2,5,9H2,1H3;4-6,8-9H,2-3,7H2,1H3;4-5,7-9H,2-3,6H2,1H3;3-7H,2,8H2,1H3;3-6,8H,2,7H2,1H3. The van der Waals surface area contributed by atoms with Gasteiger partial charge in [-0.25, -0.2) is 4.39 Å². The molecule has 0 saturated carbocycles. The largest absolute Gasteiger partial charge is 0.494 e. The molecule has 19 nitrogen and oxygen atoms in total. The molecule has 0 aliphatic heterocycles. The minimum Gasteiger partial charge on any atom is -0.494 e. The lowest BCUT2D eigenvalue weighted by Gasteiger charge is -2.10. The van der Waals surface area contributed by atoms with Crippen LogP contribution in [0.1, 0.15) is 151 Å². The Morgan fingerprint density at radius 2 is 0.698 bits per heavy atom. The predicted molar refractivity (Wildman–Crippen MR) is 412 cm³/mol. The van der Waals surface area contributed by atoms with Crippen molar-refractivity contribution < 1.29 is 94.9 Å². The van der Waals surface area contributed by atoms with Crippen molar-refractivity contribution in [2.75, 3.05) is 66.1 Å². The molecule has 8 aromatic rings. The molecule has 0 N–H and O–H groups in total. The van der Waals surface area contributed by atoms with E-state index in [0.29, 0.717) is 90.6 Å². The first-order valence-electron chi connectivity index (χ1n) is 35.8. The second kappa shape index (κ2) is 64.7. The highest BCUT2D eigenvalue weighted by atomic mass is 19.1. The molecule has 0 amide bonds. The zero-order chi connectivity index (χ0) is 77.7. The first-order chi connectivity index (χ1) is 51.9. The van der Waals surface area contributed by atoms with E-state index in [1.54, 1.807) is 42.5 Å². The molecule has 0 heterocycles. The maximum atomic E-state index is 12.9. The molecule has 0 fully saturated rings. The Bertz CT molecular complexity index is 3620. The molecule has 0 bridgehead atoms. The molecule has 0 spiro atoms. The Labute approximate surface area is 625 Å². The van der Waals surface area contributed by atoms with Crippen LogP contribution >= 0.6 is 0 Å². The normalized spacial score (nSPS) is 9.56. The van der Waals surface area contributed by atoms with Gasteiger partial charge in [0.25, 0.3) is 6.47 Å². The summed E-state index contributed by atoms with van der Waals surface area (Å²) < 4.78 is 70.5. The molecule has 0 radical (unpaired) electrons. The molecule has 0 saturated heterocycles. The molecule has 0 aromatic heterocycles. The van der Waals surface area contributed by atoms with Crippen LogP contribution in [0.2, 0.25) is 0 Å². The number of rotatable bonds is 41. The minimum absolute atomic E-state index is 0.0614. The topological polar surface area (TPSA) is 238 Å². The summed E-state index contributed by atoms with van der Waals surface area (Å²) in [6.45, 7) is 20.5. The average Bonchev–Trinajstić information content (AvgIpc) is 0.895. The monoisotopic (exact) mass is 1460 g/mol. The number of aldehydes is 7. The van der Waals surface area contributed by atoms with Gasteiger partial charge in [-0.3, -0.25) is 38.4 Å². The van der Waals surface area contributed by atoms with E-state index < -0.39 is 0 Å². The summed E-state index contributed by atoms with van der Waals surface area (Å²) in [5, 5.41) is 0. The number of unbranched alkanes of at least 4 members (excludes halogenated alkanes) is 2. The molecular weight excluding hydrogens is 1360 g/mol. The van der Waals surface area contributed by atoms with Crippen molar-refractivity contribution in [3.8, 4) is 63.2 Å². The first kappa shape index (κ1) is 92.9. The molecule has 0 atom stereocenters. The van der Waals surface area contributed by atoms with Crippen LogP contribution in [0.5, 0.6) is 63.2 Å². The van der Waals surface area contributed by atoms with E-state index >= 15 is 0 Å². The van der Waals surface area contributed by atoms with Crippen LogP contribution in [0.25, 0.3) is 0 Å². The van der Waals surface area contributed by atoms with Gasteiger partial charge in [-0.05, 0) is 153 Å². The van der Waals surface area contributed by atoms with Gasteiger partial charge in [0.2, 0.25) is 0 Å². The van der Waals surface area contributed by atoms with Crippen molar-refractivity contribution in [1.29, 1.82) is 0 Å². The lowest BCUT2D eigenvalue weighted by atomic mass is 10.1. The van der Waals surface area contributed by atoms with Crippen LogP contribution in [0, 0.1) is 5.82 Å². The van der Waals surface area contributed by atoms with Gasteiger partial charge >= 0.3 is 0 Å². The number of hydrogen-bond acceptors (Lipinski definition) is 19. The number of carbonyl (C=O) groups excluding carboxylic acids is 8. The first-order valence-corrected chi connectivity index (χ1v) is 35.8. The van der Waals surface area contributed by atoms with Crippen molar-refractivity contribution in [3.05, 3.63) is 222 Å². The van der Waals surface area contributed by atoms with E-state index in [-0.39, 0.29) is 38.9 Å². The summed E-state index contributed by atoms with van der Waals surface area (Å²) in [4.78, 5) is 81.6. The fourth-order valence-electron chi connectivity index (χ4n) is 8.56. The van der Waals surface area contributed by atoms with Crippen LogP contribution in [-0.2, 0) is 48.0 Å². The molecule has 572 valence electrons. The highest BCUT2D eigenvalue weighted by Crippen LogP contribution is 2.29. The summed E-state index contributed by atoms with van der Waals surface area (Å²) in [6.07, 6.45) is 17.3. The van der Waals surface area contributed by atoms with Gasteiger partial charge in [0.05, 0.1) is 38.6 Å². The van der Waals surface area contributed by atoms with Gasteiger partial charge in [-0.15, -0.1) is 0 Å². The van der Waals surface area contributed by atoms with Crippen molar-refractivity contribution in [1.82, 2.24) is 0 Å². The molecule has 0 aliphatic rings. The maximum Gasteiger partial charge on any atom is 0.298 e. The molecule has 8 rings (SSSR count). The van der Waals surface area contributed by atoms with Gasteiger partial charge < -0.3 is 52.1 Å². The molecule has 0 aliphatic carbocycles. The summed E-state index contributed by atoms with van der Waals surface area (Å²) >= 11 is 0. The predicted octanol–water partition coefficient (Wildman–Crippen LogP) is 17.9. The van der Waals surface area contributed by atoms with Gasteiger partial charge in [0.1, 0.15) is 85.4 Å². The third-order valence-corrected chi connectivity index (χ3v) is 13.6. The number of carbonyl (C=O) groups is 8. The maximum absolute atomic E-state index is 12.9. The number of para-hydroxylation sites is 6. The van der Waals surface area contributed by atoms with Crippen molar-refractivity contribution in [3.63, 3.8) is 0 Å². The van der Waals surface area contributed by atoms with Crippen LogP contribution < -0.4 is 52.1 Å². The number of ether oxygens (including phenoxy) is 11. The smallest absolute Gasteiger partial charge is 0.298 e. The van der Waals surface area contributed by atoms with Crippen molar-refractivity contribution in [2.45, 2.75) is 132 Å². The third kappa shape index (κ3) is 43.7. The number of benzene rings is 8. The van der Waals surface area contributed by atoms with Crippen LogP contribution in [0.4, 0.5) is 4.39 Å². The van der Waals surface area contributed by atoms with Gasteiger partial charge in [-0.2, -0.15) is 0 Å². The van der Waals surface area contributed by atoms with Crippen LogP contribution in [0.3, 0.4) is 0 Å². The summed E-state index contributed by atoms with van der Waals surface area (Å²) in [6, 6.07) is 56.2. The second-order valence-corrected chi connectivity index (χ2v) is 22.1. The van der Waals surface area contributed by atoms with E-state index in [4.69, 9.17) is 52.1 Å². The summed E-state index contributed by atoms with van der Waals surface area (Å²) in [7, 11) is 0.